The van der Waals surface area contributed by atoms with Crippen LogP contribution in [0.3, 0.4) is 0 Å². The van der Waals surface area contributed by atoms with E-state index in [1.165, 1.54) is 0 Å². The number of rotatable bonds is 6. The summed E-state index contributed by atoms with van der Waals surface area (Å²) < 4.78 is 40.7. The molecule has 29 heavy (non-hydrogen) atoms. The summed E-state index contributed by atoms with van der Waals surface area (Å²) in [5.74, 6) is 1.64. The number of carbonyl (C=O) groups excluding carboxylic acids is 1. The number of ketones is 1. The van der Waals surface area contributed by atoms with Crippen LogP contribution in [0.5, 0.6) is 11.5 Å². The normalized spacial score (nSPS) is 28.7. The van der Waals surface area contributed by atoms with Gasteiger partial charge in [-0.1, -0.05) is 33.8 Å². The second kappa shape index (κ2) is 6.98. The number of Topliss-reactive ketones (excluding diaryl/α,β-unsaturated/α-hetero) is 1. The van der Waals surface area contributed by atoms with Crippen molar-refractivity contribution in [1.82, 2.24) is 4.72 Å². The van der Waals surface area contributed by atoms with E-state index in [0.29, 0.717) is 43.5 Å². The summed E-state index contributed by atoms with van der Waals surface area (Å²) in [4.78, 5) is 12.8. The molecule has 2 aliphatic carbocycles. The van der Waals surface area contributed by atoms with E-state index in [1.807, 2.05) is 32.0 Å². The quantitative estimate of drug-likeness (QED) is 0.761. The molecule has 0 spiro atoms. The van der Waals surface area contributed by atoms with E-state index in [9.17, 15) is 13.2 Å². The number of hydrogen-bond donors (Lipinski definition) is 1. The van der Waals surface area contributed by atoms with Gasteiger partial charge in [0.25, 0.3) is 0 Å². The summed E-state index contributed by atoms with van der Waals surface area (Å²) in [6.07, 6.45) is 2.11. The van der Waals surface area contributed by atoms with Crippen molar-refractivity contribution < 1.29 is 22.7 Å². The van der Waals surface area contributed by atoms with Crippen molar-refractivity contribution >= 4 is 15.8 Å². The van der Waals surface area contributed by atoms with Crippen LogP contribution >= 0.6 is 0 Å². The molecule has 1 aromatic rings. The van der Waals surface area contributed by atoms with Crippen molar-refractivity contribution in [3.8, 4) is 11.5 Å². The Labute approximate surface area is 173 Å². The van der Waals surface area contributed by atoms with E-state index in [-0.39, 0.29) is 22.9 Å². The third-order valence-electron chi connectivity index (χ3n) is 7.47. The lowest BCUT2D eigenvalue weighted by molar-refractivity contribution is -0.128. The molecule has 0 aromatic heterocycles. The van der Waals surface area contributed by atoms with Crippen molar-refractivity contribution in [2.24, 2.45) is 22.7 Å². The standard InChI is InChI=1S/C22H31NO5S/c1-14(2)20(15-5-6-17-18(11-15)28-10-9-27-17)23-29(25,26)13-22-8-7-16(12-19(22)24)21(22,3)4/h5-6,11,14,16,20,23H,7-10,12-13H2,1-4H3. The predicted octanol–water partition coefficient (Wildman–Crippen LogP) is 3.47. The Morgan fingerprint density at radius 3 is 2.45 bits per heavy atom. The van der Waals surface area contributed by atoms with Gasteiger partial charge in [0.05, 0.1) is 5.75 Å². The summed E-state index contributed by atoms with van der Waals surface area (Å²) in [7, 11) is -3.67. The highest BCUT2D eigenvalue weighted by Gasteiger charge is 2.65. The lowest BCUT2D eigenvalue weighted by Gasteiger charge is -2.37. The zero-order chi connectivity index (χ0) is 21.0. The van der Waals surface area contributed by atoms with Gasteiger partial charge in [-0.3, -0.25) is 4.79 Å². The van der Waals surface area contributed by atoms with E-state index in [1.54, 1.807) is 0 Å². The third kappa shape index (κ3) is 3.36. The maximum absolute atomic E-state index is 13.3. The molecular weight excluding hydrogens is 390 g/mol. The van der Waals surface area contributed by atoms with Gasteiger partial charge in [0.2, 0.25) is 10.0 Å². The van der Waals surface area contributed by atoms with E-state index in [0.717, 1.165) is 12.0 Å². The molecule has 1 aliphatic heterocycles. The fourth-order valence-electron chi connectivity index (χ4n) is 5.51. The SMILES string of the molecule is CC(C)C(NS(=O)(=O)CC12CCC(CC1=O)C2(C)C)c1ccc2c(c1)OCCO2. The number of ether oxygens (including phenoxy) is 2. The number of sulfonamides is 1. The highest BCUT2D eigenvalue weighted by molar-refractivity contribution is 7.89. The molecule has 0 saturated heterocycles. The first-order valence-electron chi connectivity index (χ1n) is 10.5. The molecule has 1 aromatic carbocycles. The van der Waals surface area contributed by atoms with Gasteiger partial charge >= 0.3 is 0 Å². The zero-order valence-electron chi connectivity index (χ0n) is 17.7. The van der Waals surface area contributed by atoms with Crippen LogP contribution in [-0.4, -0.2) is 33.2 Å². The van der Waals surface area contributed by atoms with Crippen LogP contribution in [0.1, 0.15) is 58.6 Å². The minimum Gasteiger partial charge on any atom is -0.486 e. The molecule has 3 atom stereocenters. The topological polar surface area (TPSA) is 81.7 Å². The lowest BCUT2D eigenvalue weighted by atomic mass is 9.70. The van der Waals surface area contributed by atoms with Crippen LogP contribution in [-0.2, 0) is 14.8 Å². The van der Waals surface area contributed by atoms with Crippen LogP contribution in [0, 0.1) is 22.7 Å². The van der Waals surface area contributed by atoms with Crippen molar-refractivity contribution in [3.63, 3.8) is 0 Å². The molecule has 0 amide bonds. The third-order valence-corrected chi connectivity index (χ3v) is 8.96. The van der Waals surface area contributed by atoms with Gasteiger partial charge in [-0.05, 0) is 47.8 Å². The van der Waals surface area contributed by atoms with Crippen molar-refractivity contribution in [2.45, 2.75) is 53.0 Å². The molecule has 0 radical (unpaired) electrons. The van der Waals surface area contributed by atoms with Gasteiger partial charge in [-0.15, -0.1) is 0 Å². The van der Waals surface area contributed by atoms with Crippen LogP contribution in [0.15, 0.2) is 18.2 Å². The molecule has 2 saturated carbocycles. The fraction of sp³-hybridized carbons (Fsp3) is 0.682. The second-order valence-electron chi connectivity index (χ2n) is 9.67. The predicted molar refractivity (Wildman–Crippen MR) is 110 cm³/mol. The molecular formula is C22H31NO5S. The Kier molecular flexibility index (Phi) is 4.97. The van der Waals surface area contributed by atoms with Crippen molar-refractivity contribution in [2.75, 3.05) is 19.0 Å². The number of nitrogens with one attached hydrogen (secondary N) is 1. The number of carbonyl (C=O) groups is 1. The lowest BCUT2D eigenvalue weighted by Crippen LogP contribution is -2.46. The van der Waals surface area contributed by atoms with Crippen molar-refractivity contribution in [3.05, 3.63) is 23.8 Å². The number of hydrogen-bond acceptors (Lipinski definition) is 5. The zero-order valence-corrected chi connectivity index (χ0v) is 18.5. The highest BCUT2D eigenvalue weighted by Crippen LogP contribution is 2.64. The Balaban J connectivity index is 1.59. The van der Waals surface area contributed by atoms with Crippen LogP contribution in [0.4, 0.5) is 0 Å². The van der Waals surface area contributed by atoms with Crippen molar-refractivity contribution in [1.29, 1.82) is 0 Å². The molecule has 2 bridgehead atoms. The van der Waals surface area contributed by atoms with Crippen LogP contribution in [0.2, 0.25) is 0 Å². The first-order valence-corrected chi connectivity index (χ1v) is 12.1. The van der Waals surface area contributed by atoms with Gasteiger partial charge in [0, 0.05) is 17.9 Å². The summed E-state index contributed by atoms with van der Waals surface area (Å²) in [6, 6.07) is 5.17. The molecule has 4 rings (SSSR count). The number of benzene rings is 1. The van der Waals surface area contributed by atoms with E-state index >= 15 is 0 Å². The highest BCUT2D eigenvalue weighted by atomic mass is 32.2. The van der Waals surface area contributed by atoms with E-state index in [2.05, 4.69) is 18.6 Å². The van der Waals surface area contributed by atoms with E-state index in [4.69, 9.17) is 9.47 Å². The van der Waals surface area contributed by atoms with Gasteiger partial charge in [-0.25, -0.2) is 13.1 Å². The first kappa shape index (κ1) is 20.7. The van der Waals surface area contributed by atoms with Gasteiger partial charge < -0.3 is 9.47 Å². The Bertz CT molecular complexity index is 923. The molecule has 2 fully saturated rings. The van der Waals surface area contributed by atoms with E-state index < -0.39 is 21.5 Å². The maximum Gasteiger partial charge on any atom is 0.213 e. The van der Waals surface area contributed by atoms with Crippen LogP contribution < -0.4 is 14.2 Å². The second-order valence-corrected chi connectivity index (χ2v) is 11.4. The smallest absolute Gasteiger partial charge is 0.213 e. The Morgan fingerprint density at radius 2 is 1.86 bits per heavy atom. The summed E-state index contributed by atoms with van der Waals surface area (Å²) in [6.45, 7) is 9.09. The van der Waals surface area contributed by atoms with Gasteiger partial charge in [0.15, 0.2) is 11.5 Å². The summed E-state index contributed by atoms with van der Waals surface area (Å²) >= 11 is 0. The average Bonchev–Trinajstić information content (AvgIpc) is 2.99. The van der Waals surface area contributed by atoms with Gasteiger partial charge in [-0.2, -0.15) is 0 Å². The molecule has 160 valence electrons. The average molecular weight is 422 g/mol. The number of fused-ring (bicyclic) bond motifs is 3. The minimum atomic E-state index is -3.67. The Hall–Kier alpha value is -1.60. The molecule has 3 unspecified atom stereocenters. The monoisotopic (exact) mass is 421 g/mol. The summed E-state index contributed by atoms with van der Waals surface area (Å²) in [5.41, 5.74) is -0.201. The molecule has 1 N–H and O–H groups in total. The molecule has 7 heteroatoms. The largest absolute Gasteiger partial charge is 0.486 e. The molecule has 3 aliphatic rings. The first-order chi connectivity index (χ1) is 13.6. The molecule has 6 nitrogen and oxygen atoms in total. The summed E-state index contributed by atoms with van der Waals surface area (Å²) in [5, 5.41) is 0. The van der Waals surface area contributed by atoms with Gasteiger partial charge in [0.1, 0.15) is 19.0 Å². The Morgan fingerprint density at radius 1 is 1.17 bits per heavy atom. The minimum absolute atomic E-state index is 0.0356. The maximum atomic E-state index is 13.3. The fourth-order valence-corrected chi connectivity index (χ4v) is 7.71. The van der Waals surface area contributed by atoms with Crippen LogP contribution in [0.25, 0.3) is 0 Å². The molecule has 1 heterocycles.